The van der Waals surface area contributed by atoms with Crippen LogP contribution >= 0.6 is 0 Å². The van der Waals surface area contributed by atoms with E-state index in [1.165, 1.54) is 12.1 Å². The number of carbonyl (C=O) groups is 1. The number of likely N-dealkylation sites (tertiary alicyclic amines) is 1. The highest BCUT2D eigenvalue weighted by Crippen LogP contribution is 2.32. The molecule has 2 N–H and O–H groups in total. The van der Waals surface area contributed by atoms with Gasteiger partial charge in [-0.05, 0) is 48.6 Å². The van der Waals surface area contributed by atoms with Gasteiger partial charge >= 0.3 is 12.1 Å². The first-order chi connectivity index (χ1) is 14.8. The lowest BCUT2D eigenvalue weighted by molar-refractivity contribution is -0.139. The highest BCUT2D eigenvalue weighted by atomic mass is 19.4. The number of hydrogen-bond donors (Lipinski definition) is 2. The molecular weight excluding hydrogens is 409 g/mol. The number of pyridine rings is 1. The Morgan fingerprint density at radius 3 is 2.65 bits per heavy atom. The summed E-state index contributed by atoms with van der Waals surface area (Å²) in [6.45, 7) is 1.90. The zero-order chi connectivity index (χ0) is 22.0. The second-order valence-electron chi connectivity index (χ2n) is 8.12. The van der Waals surface area contributed by atoms with Gasteiger partial charge in [0.05, 0.1) is 22.8 Å². The molecule has 3 heterocycles. The van der Waals surface area contributed by atoms with Crippen molar-refractivity contribution in [3.63, 3.8) is 0 Å². The zero-order valence-corrected chi connectivity index (χ0v) is 16.8. The van der Waals surface area contributed by atoms with Crippen molar-refractivity contribution in [2.24, 2.45) is 11.8 Å². The Bertz CT molecular complexity index is 1020. The normalized spacial score (nSPS) is 20.2. The summed E-state index contributed by atoms with van der Waals surface area (Å²) in [6.07, 6.45) is 0.460. The minimum Gasteiger partial charge on any atom is -0.481 e. The van der Waals surface area contributed by atoms with E-state index < -0.39 is 17.7 Å². The predicted molar refractivity (Wildman–Crippen MR) is 108 cm³/mol. The molecule has 2 atom stereocenters. The molecule has 3 aromatic rings. The minimum atomic E-state index is -4.35. The maximum atomic E-state index is 12.8. The maximum Gasteiger partial charge on any atom is 0.416 e. The number of nitrogens with zero attached hydrogens (tertiary/aromatic N) is 3. The molecule has 1 aliphatic rings. The van der Waals surface area contributed by atoms with Crippen LogP contribution in [-0.4, -0.2) is 44.0 Å². The van der Waals surface area contributed by atoms with E-state index in [1.54, 1.807) is 12.4 Å². The van der Waals surface area contributed by atoms with Gasteiger partial charge in [-0.1, -0.05) is 12.1 Å². The van der Waals surface area contributed by atoms with Gasteiger partial charge in [0, 0.05) is 32.1 Å². The molecule has 0 saturated carbocycles. The van der Waals surface area contributed by atoms with E-state index in [0.717, 1.165) is 41.0 Å². The van der Waals surface area contributed by atoms with Gasteiger partial charge in [-0.2, -0.15) is 13.2 Å². The van der Waals surface area contributed by atoms with Crippen molar-refractivity contribution < 1.29 is 23.1 Å². The molecule has 1 aliphatic heterocycles. The van der Waals surface area contributed by atoms with E-state index in [9.17, 15) is 23.1 Å². The number of aliphatic carboxylic acids is 1. The number of aromatic nitrogens is 3. The Kier molecular flexibility index (Phi) is 5.95. The van der Waals surface area contributed by atoms with Crippen LogP contribution in [0.25, 0.3) is 11.0 Å². The number of fused-ring (bicyclic) bond motifs is 1. The number of carboxylic acids is 1. The smallest absolute Gasteiger partial charge is 0.416 e. The SMILES string of the molecule is O=C(O)C[C@@H]1CCN(Cc2ccc(C(F)(F)F)cc2)C[C@@H]1Cc1nc2ccncc2[nH]1. The monoisotopic (exact) mass is 432 g/mol. The number of carboxylic acid groups (broad SMARTS) is 1. The summed E-state index contributed by atoms with van der Waals surface area (Å²) in [4.78, 5) is 25.5. The standard InChI is InChI=1S/C22H23F3N4O2/c23-22(24,25)17-3-1-14(2-4-17)12-29-8-6-15(10-21(30)31)16(13-29)9-20-27-18-5-7-26-11-19(18)28-20/h1-5,7,11,15-16H,6,8-10,12-13H2,(H,27,28)(H,30,31)/t15-,16-/m0/s1. The van der Waals surface area contributed by atoms with Crippen LogP contribution in [0.4, 0.5) is 13.2 Å². The van der Waals surface area contributed by atoms with Gasteiger partial charge in [-0.25, -0.2) is 4.98 Å². The van der Waals surface area contributed by atoms with Gasteiger partial charge in [0.25, 0.3) is 0 Å². The third kappa shape index (κ3) is 5.22. The summed E-state index contributed by atoms with van der Waals surface area (Å²) >= 11 is 0. The summed E-state index contributed by atoms with van der Waals surface area (Å²) < 4.78 is 38.4. The highest BCUT2D eigenvalue weighted by Gasteiger charge is 2.32. The van der Waals surface area contributed by atoms with Gasteiger partial charge in [0.15, 0.2) is 0 Å². The molecule has 0 unspecified atom stereocenters. The Balaban J connectivity index is 1.47. The summed E-state index contributed by atoms with van der Waals surface area (Å²) in [5, 5.41) is 9.32. The Morgan fingerprint density at radius 2 is 1.97 bits per heavy atom. The number of nitrogens with one attached hydrogen (secondary N) is 1. The lowest BCUT2D eigenvalue weighted by atomic mass is 9.81. The quantitative estimate of drug-likeness (QED) is 0.612. The minimum absolute atomic E-state index is 0.0210. The van der Waals surface area contributed by atoms with Crippen molar-refractivity contribution in [1.82, 2.24) is 19.9 Å². The van der Waals surface area contributed by atoms with Crippen LogP contribution in [0.15, 0.2) is 42.7 Å². The number of alkyl halides is 3. The van der Waals surface area contributed by atoms with Crippen molar-refractivity contribution in [1.29, 1.82) is 0 Å². The zero-order valence-electron chi connectivity index (χ0n) is 16.8. The molecule has 9 heteroatoms. The predicted octanol–water partition coefficient (Wildman–Crippen LogP) is 4.13. The van der Waals surface area contributed by atoms with Crippen molar-refractivity contribution >= 4 is 17.0 Å². The third-order valence-corrected chi connectivity index (χ3v) is 5.89. The lowest BCUT2D eigenvalue weighted by Gasteiger charge is -2.38. The summed E-state index contributed by atoms with van der Waals surface area (Å²) in [6, 6.07) is 7.04. The number of piperidine rings is 1. The number of benzene rings is 1. The van der Waals surface area contributed by atoms with E-state index >= 15 is 0 Å². The molecule has 1 saturated heterocycles. The number of halogens is 3. The Labute approximate surface area is 177 Å². The van der Waals surface area contributed by atoms with E-state index in [-0.39, 0.29) is 18.3 Å². The Hall–Kier alpha value is -2.94. The van der Waals surface area contributed by atoms with Crippen LogP contribution in [0.1, 0.15) is 29.8 Å². The number of imidazole rings is 1. The molecule has 0 radical (unpaired) electrons. The molecular formula is C22H23F3N4O2. The van der Waals surface area contributed by atoms with Gasteiger partial charge in [0.1, 0.15) is 5.82 Å². The molecule has 31 heavy (non-hydrogen) atoms. The van der Waals surface area contributed by atoms with Crippen molar-refractivity contribution in [2.45, 2.75) is 32.0 Å². The van der Waals surface area contributed by atoms with Crippen LogP contribution < -0.4 is 0 Å². The molecule has 164 valence electrons. The molecule has 1 aromatic carbocycles. The number of hydrogen-bond acceptors (Lipinski definition) is 4. The number of rotatable bonds is 6. The second-order valence-corrected chi connectivity index (χ2v) is 8.12. The van der Waals surface area contributed by atoms with Crippen molar-refractivity contribution in [3.05, 3.63) is 59.7 Å². The molecule has 6 nitrogen and oxygen atoms in total. The number of aromatic amines is 1. The van der Waals surface area contributed by atoms with Gasteiger partial charge in [-0.3, -0.25) is 14.7 Å². The van der Waals surface area contributed by atoms with Gasteiger partial charge < -0.3 is 10.1 Å². The molecule has 4 rings (SSSR count). The molecule has 1 fully saturated rings. The lowest BCUT2D eigenvalue weighted by Crippen LogP contribution is -2.41. The van der Waals surface area contributed by atoms with Gasteiger partial charge in [-0.15, -0.1) is 0 Å². The van der Waals surface area contributed by atoms with Crippen LogP contribution in [-0.2, 0) is 23.9 Å². The molecule has 0 bridgehead atoms. The molecule has 0 spiro atoms. The van der Waals surface area contributed by atoms with Crippen LogP contribution in [0.2, 0.25) is 0 Å². The van der Waals surface area contributed by atoms with Gasteiger partial charge in [0.2, 0.25) is 0 Å². The van der Waals surface area contributed by atoms with E-state index in [0.29, 0.717) is 26.1 Å². The molecule has 0 aliphatic carbocycles. The van der Waals surface area contributed by atoms with Crippen LogP contribution in [0.3, 0.4) is 0 Å². The topological polar surface area (TPSA) is 82.1 Å². The summed E-state index contributed by atoms with van der Waals surface area (Å²) in [5.74, 6) is 0.0697. The summed E-state index contributed by atoms with van der Waals surface area (Å²) in [5.41, 5.74) is 1.80. The molecule has 2 aromatic heterocycles. The summed E-state index contributed by atoms with van der Waals surface area (Å²) in [7, 11) is 0. The Morgan fingerprint density at radius 1 is 1.19 bits per heavy atom. The van der Waals surface area contributed by atoms with E-state index in [4.69, 9.17) is 0 Å². The largest absolute Gasteiger partial charge is 0.481 e. The van der Waals surface area contributed by atoms with Crippen LogP contribution in [0.5, 0.6) is 0 Å². The molecule has 0 amide bonds. The fourth-order valence-electron chi connectivity index (χ4n) is 4.34. The fraction of sp³-hybridized carbons (Fsp3) is 0.409. The van der Waals surface area contributed by atoms with Crippen molar-refractivity contribution in [3.8, 4) is 0 Å². The van der Waals surface area contributed by atoms with Crippen molar-refractivity contribution in [2.75, 3.05) is 13.1 Å². The maximum absolute atomic E-state index is 12.8. The highest BCUT2D eigenvalue weighted by molar-refractivity contribution is 5.73. The second kappa shape index (κ2) is 8.66. The number of H-pyrrole nitrogens is 1. The fourth-order valence-corrected chi connectivity index (χ4v) is 4.34. The third-order valence-electron chi connectivity index (χ3n) is 5.89. The van der Waals surface area contributed by atoms with E-state index in [1.807, 2.05) is 6.07 Å². The van der Waals surface area contributed by atoms with E-state index in [2.05, 4.69) is 19.9 Å². The first-order valence-electron chi connectivity index (χ1n) is 10.2. The van der Waals surface area contributed by atoms with Crippen LogP contribution in [0, 0.1) is 11.8 Å². The first-order valence-corrected chi connectivity index (χ1v) is 10.2. The first kappa shape index (κ1) is 21.3. The average Bonchev–Trinajstić information content (AvgIpc) is 3.12. The average molecular weight is 432 g/mol.